The van der Waals surface area contributed by atoms with Gasteiger partial charge in [-0.2, -0.15) is 8.78 Å². The van der Waals surface area contributed by atoms with Crippen molar-refractivity contribution in [2.75, 3.05) is 5.32 Å². The first-order valence-corrected chi connectivity index (χ1v) is 9.44. The van der Waals surface area contributed by atoms with Crippen molar-refractivity contribution in [3.05, 3.63) is 61.2 Å². The molecule has 2 aromatic carbocycles. The number of imidazole rings is 1. The summed E-state index contributed by atoms with van der Waals surface area (Å²) in [5.74, 6) is -0.182. The molecule has 8 heteroatoms. The van der Waals surface area contributed by atoms with Gasteiger partial charge in [-0.1, -0.05) is 30.0 Å². The summed E-state index contributed by atoms with van der Waals surface area (Å²) < 4.78 is 30.7. The molecular formula is C20H19F2N3O2S. The fourth-order valence-electron chi connectivity index (χ4n) is 2.62. The predicted molar refractivity (Wildman–Crippen MR) is 107 cm³/mol. The Bertz CT molecular complexity index is 973. The molecule has 0 saturated heterocycles. The number of rotatable bonds is 8. The van der Waals surface area contributed by atoms with Gasteiger partial charge in [0.2, 0.25) is 5.91 Å². The minimum Gasteiger partial charge on any atom is -0.435 e. The van der Waals surface area contributed by atoms with Gasteiger partial charge in [0, 0.05) is 12.2 Å². The molecule has 0 aliphatic heterocycles. The average Bonchev–Trinajstić information content (AvgIpc) is 3.00. The highest BCUT2D eigenvalue weighted by Gasteiger charge is 2.19. The van der Waals surface area contributed by atoms with Crippen LogP contribution in [0.2, 0.25) is 0 Å². The quantitative estimate of drug-likeness (QED) is 0.427. The molecule has 0 radical (unpaired) electrons. The Balaban J connectivity index is 1.69. The van der Waals surface area contributed by atoms with Crippen molar-refractivity contribution < 1.29 is 18.3 Å². The number of hydrogen-bond acceptors (Lipinski definition) is 4. The van der Waals surface area contributed by atoms with Gasteiger partial charge in [0.05, 0.1) is 16.3 Å². The highest BCUT2D eigenvalue weighted by Crippen LogP contribution is 2.28. The molecule has 0 spiro atoms. The molecule has 1 unspecified atom stereocenters. The van der Waals surface area contributed by atoms with Crippen LogP contribution in [0.4, 0.5) is 14.5 Å². The summed E-state index contributed by atoms with van der Waals surface area (Å²) in [7, 11) is 0. The number of halogens is 2. The van der Waals surface area contributed by atoms with Crippen molar-refractivity contribution >= 4 is 34.4 Å². The monoisotopic (exact) mass is 403 g/mol. The first-order valence-electron chi connectivity index (χ1n) is 8.56. The van der Waals surface area contributed by atoms with Gasteiger partial charge in [0.15, 0.2) is 5.16 Å². The summed E-state index contributed by atoms with van der Waals surface area (Å²) in [5.41, 5.74) is 2.33. The second-order valence-corrected chi connectivity index (χ2v) is 7.24. The molecule has 1 aromatic heterocycles. The number of hydrogen-bond donors (Lipinski definition) is 1. The van der Waals surface area contributed by atoms with Gasteiger partial charge in [-0.25, -0.2) is 4.98 Å². The zero-order valence-corrected chi connectivity index (χ0v) is 16.0. The normalized spacial score (nSPS) is 12.1. The molecule has 1 atom stereocenters. The minimum atomic E-state index is -2.88. The van der Waals surface area contributed by atoms with E-state index in [-0.39, 0.29) is 11.7 Å². The van der Waals surface area contributed by atoms with E-state index in [0.717, 1.165) is 16.2 Å². The lowest BCUT2D eigenvalue weighted by atomic mass is 10.3. The van der Waals surface area contributed by atoms with Crippen LogP contribution < -0.4 is 10.1 Å². The van der Waals surface area contributed by atoms with Crippen molar-refractivity contribution in [1.82, 2.24) is 9.55 Å². The van der Waals surface area contributed by atoms with Gasteiger partial charge in [0.25, 0.3) is 0 Å². The van der Waals surface area contributed by atoms with Gasteiger partial charge in [0.1, 0.15) is 5.75 Å². The van der Waals surface area contributed by atoms with Crippen molar-refractivity contribution in [3.8, 4) is 5.75 Å². The second kappa shape index (κ2) is 8.88. The Morgan fingerprint density at radius 2 is 2.00 bits per heavy atom. The van der Waals surface area contributed by atoms with E-state index >= 15 is 0 Å². The molecule has 0 bridgehead atoms. The Morgan fingerprint density at radius 1 is 1.29 bits per heavy atom. The number of benzene rings is 2. The third-order valence-electron chi connectivity index (χ3n) is 3.93. The number of nitrogens with zero attached hydrogens (tertiary/aromatic N) is 2. The molecule has 0 aliphatic carbocycles. The van der Waals surface area contributed by atoms with Crippen LogP contribution >= 0.6 is 11.8 Å². The lowest BCUT2D eigenvalue weighted by Crippen LogP contribution is -2.22. The fraction of sp³-hybridized carbons (Fsp3) is 0.200. The summed E-state index contributed by atoms with van der Waals surface area (Å²) in [5, 5.41) is 3.07. The van der Waals surface area contributed by atoms with E-state index in [4.69, 9.17) is 0 Å². The maximum atomic E-state index is 12.5. The third-order valence-corrected chi connectivity index (χ3v) is 5.02. The van der Waals surface area contributed by atoms with Gasteiger partial charge < -0.3 is 14.6 Å². The zero-order valence-electron chi connectivity index (χ0n) is 15.1. The first kappa shape index (κ1) is 19.9. The smallest absolute Gasteiger partial charge is 0.387 e. The highest BCUT2D eigenvalue weighted by molar-refractivity contribution is 8.00. The van der Waals surface area contributed by atoms with Crippen LogP contribution in [0.1, 0.15) is 6.92 Å². The van der Waals surface area contributed by atoms with Crippen molar-refractivity contribution in [2.24, 2.45) is 0 Å². The largest absolute Gasteiger partial charge is 0.435 e. The van der Waals surface area contributed by atoms with Crippen LogP contribution in [0.15, 0.2) is 66.3 Å². The number of anilines is 1. The van der Waals surface area contributed by atoms with E-state index in [1.54, 1.807) is 13.0 Å². The van der Waals surface area contributed by atoms with E-state index in [1.807, 2.05) is 28.8 Å². The number of alkyl halides is 2. The van der Waals surface area contributed by atoms with E-state index < -0.39 is 11.9 Å². The summed E-state index contributed by atoms with van der Waals surface area (Å²) in [6, 6.07) is 13.5. The van der Waals surface area contributed by atoms with Crippen LogP contribution in [0.5, 0.6) is 5.75 Å². The number of aromatic nitrogens is 2. The lowest BCUT2D eigenvalue weighted by molar-refractivity contribution is -0.115. The van der Waals surface area contributed by atoms with E-state index in [2.05, 4.69) is 21.6 Å². The number of allylic oxidation sites excluding steroid dienone is 1. The summed E-state index contributed by atoms with van der Waals surface area (Å²) in [6.45, 7) is 3.27. The van der Waals surface area contributed by atoms with Crippen molar-refractivity contribution in [3.63, 3.8) is 0 Å². The maximum Gasteiger partial charge on any atom is 0.387 e. The molecule has 1 amide bonds. The highest BCUT2D eigenvalue weighted by atomic mass is 32.2. The molecular weight excluding hydrogens is 384 g/mol. The van der Waals surface area contributed by atoms with Gasteiger partial charge in [-0.05, 0) is 43.3 Å². The Labute approximate surface area is 165 Å². The fourth-order valence-corrected chi connectivity index (χ4v) is 3.56. The van der Waals surface area contributed by atoms with E-state index in [1.165, 1.54) is 36.0 Å². The Kier molecular flexibility index (Phi) is 6.30. The van der Waals surface area contributed by atoms with E-state index in [9.17, 15) is 13.6 Å². The number of thioether (sulfide) groups is 1. The van der Waals surface area contributed by atoms with Gasteiger partial charge in [-0.3, -0.25) is 4.79 Å². The number of carbonyl (C=O) groups is 1. The van der Waals surface area contributed by atoms with Gasteiger partial charge in [-0.15, -0.1) is 6.58 Å². The van der Waals surface area contributed by atoms with Crippen LogP contribution in [-0.4, -0.2) is 27.3 Å². The predicted octanol–water partition coefficient (Wildman–Crippen LogP) is 4.94. The summed E-state index contributed by atoms with van der Waals surface area (Å²) in [4.78, 5) is 17.1. The molecule has 0 saturated carbocycles. The molecule has 1 heterocycles. The van der Waals surface area contributed by atoms with E-state index in [0.29, 0.717) is 12.2 Å². The minimum absolute atomic E-state index is 0.0357. The molecule has 1 N–H and O–H groups in total. The molecule has 3 rings (SSSR count). The lowest BCUT2D eigenvalue weighted by Gasteiger charge is -2.13. The number of ether oxygens (including phenoxy) is 1. The van der Waals surface area contributed by atoms with Crippen LogP contribution in [0, 0.1) is 0 Å². The number of nitrogens with one attached hydrogen (secondary N) is 1. The number of carbonyl (C=O) groups excluding carboxylic acids is 1. The summed E-state index contributed by atoms with van der Waals surface area (Å²) in [6.07, 6.45) is 1.78. The average molecular weight is 403 g/mol. The molecule has 3 aromatic rings. The molecule has 0 aliphatic rings. The number of para-hydroxylation sites is 2. The third kappa shape index (κ3) is 4.69. The SMILES string of the molecule is C=CCn1c(SC(C)C(=O)Nc2ccc(OC(F)F)cc2)nc2ccccc21. The molecule has 28 heavy (non-hydrogen) atoms. The number of amides is 1. The van der Waals surface area contributed by atoms with Crippen LogP contribution in [-0.2, 0) is 11.3 Å². The van der Waals surface area contributed by atoms with Crippen LogP contribution in [0.3, 0.4) is 0 Å². The second-order valence-electron chi connectivity index (χ2n) is 5.93. The van der Waals surface area contributed by atoms with Crippen LogP contribution in [0.25, 0.3) is 11.0 Å². The van der Waals surface area contributed by atoms with Crippen molar-refractivity contribution in [1.29, 1.82) is 0 Å². The Morgan fingerprint density at radius 3 is 2.68 bits per heavy atom. The maximum absolute atomic E-state index is 12.5. The summed E-state index contributed by atoms with van der Waals surface area (Å²) >= 11 is 1.34. The standard InChI is InChI=1S/C20H19F2N3O2S/c1-3-12-25-17-7-5-4-6-16(17)24-20(25)28-13(2)18(26)23-14-8-10-15(11-9-14)27-19(21)22/h3-11,13,19H,1,12H2,2H3,(H,23,26). The van der Waals surface area contributed by atoms with Crippen molar-refractivity contribution in [2.45, 2.75) is 30.5 Å². The Hall–Kier alpha value is -2.87. The first-order chi connectivity index (χ1) is 13.5. The zero-order chi connectivity index (χ0) is 20.1. The molecule has 5 nitrogen and oxygen atoms in total. The van der Waals surface area contributed by atoms with Gasteiger partial charge >= 0.3 is 6.61 Å². The molecule has 146 valence electrons. The topological polar surface area (TPSA) is 56.2 Å². The number of fused-ring (bicyclic) bond motifs is 1. The molecule has 0 fully saturated rings.